The summed E-state index contributed by atoms with van der Waals surface area (Å²) in [4.78, 5) is 24.7. The van der Waals surface area contributed by atoms with Gasteiger partial charge < -0.3 is 5.11 Å². The second-order valence-electron chi connectivity index (χ2n) is 4.66. The Morgan fingerprint density at radius 2 is 1.85 bits per heavy atom. The molecule has 1 N–H and O–H groups in total. The highest BCUT2D eigenvalue weighted by atomic mass is 19.2. The molecule has 20 heavy (non-hydrogen) atoms. The third-order valence-electron chi connectivity index (χ3n) is 3.56. The number of benzene rings is 1. The van der Waals surface area contributed by atoms with Crippen molar-refractivity contribution in [1.29, 1.82) is 0 Å². The number of carboxylic acids is 1. The van der Waals surface area contributed by atoms with Crippen molar-refractivity contribution >= 4 is 12.0 Å². The van der Waals surface area contributed by atoms with Crippen molar-refractivity contribution in [2.45, 2.75) is 31.2 Å². The van der Waals surface area contributed by atoms with E-state index in [2.05, 4.69) is 4.99 Å². The molecular weight excluding hydrogens is 275 g/mol. The normalized spacial score (nSPS) is 16.8. The maximum Gasteiger partial charge on any atom is 0.341 e. The van der Waals surface area contributed by atoms with Gasteiger partial charge in [-0.1, -0.05) is 12.8 Å². The van der Waals surface area contributed by atoms with E-state index in [-0.39, 0.29) is 12.8 Å². The third-order valence-corrected chi connectivity index (χ3v) is 3.56. The van der Waals surface area contributed by atoms with E-state index >= 15 is 0 Å². The van der Waals surface area contributed by atoms with Gasteiger partial charge in [-0.15, -0.1) is 0 Å². The van der Waals surface area contributed by atoms with Gasteiger partial charge >= 0.3 is 5.97 Å². The molecule has 0 spiro atoms. The van der Waals surface area contributed by atoms with Crippen LogP contribution in [0.2, 0.25) is 0 Å². The first kappa shape index (κ1) is 14.3. The lowest BCUT2D eigenvalue weighted by molar-refractivity contribution is 0.0684. The zero-order valence-electron chi connectivity index (χ0n) is 10.3. The highest BCUT2D eigenvalue weighted by Gasteiger charge is 2.40. The molecule has 1 fully saturated rings. The summed E-state index contributed by atoms with van der Waals surface area (Å²) in [5.41, 5.74) is -3.14. The van der Waals surface area contributed by atoms with E-state index < -0.39 is 40.1 Å². The van der Waals surface area contributed by atoms with Gasteiger partial charge in [0, 0.05) is 5.56 Å². The molecule has 0 atom stereocenters. The van der Waals surface area contributed by atoms with E-state index in [0.717, 1.165) is 0 Å². The smallest absolute Gasteiger partial charge is 0.341 e. The summed E-state index contributed by atoms with van der Waals surface area (Å²) in [6.07, 6.45) is 3.05. The predicted octanol–water partition coefficient (Wildman–Crippen LogP) is 2.91. The minimum absolute atomic E-state index is 0.254. The van der Waals surface area contributed by atoms with Gasteiger partial charge in [0.15, 0.2) is 11.6 Å². The lowest BCUT2D eigenvalue weighted by Crippen LogP contribution is -2.23. The number of isocyanates is 1. The summed E-state index contributed by atoms with van der Waals surface area (Å²) >= 11 is 0. The number of carbonyl (C=O) groups excluding carboxylic acids is 1. The number of rotatable bonds is 3. The highest BCUT2D eigenvalue weighted by molar-refractivity contribution is 5.88. The maximum absolute atomic E-state index is 14.0. The van der Waals surface area contributed by atoms with Crippen LogP contribution in [0.3, 0.4) is 0 Å². The SMILES string of the molecule is O=C=NC1(c2cc(F)c(C(=O)O)c(F)c2F)CCCC1. The van der Waals surface area contributed by atoms with Gasteiger partial charge in [-0.3, -0.25) is 0 Å². The maximum atomic E-state index is 14.0. The fourth-order valence-corrected chi connectivity index (χ4v) is 2.62. The first-order chi connectivity index (χ1) is 9.43. The fourth-order valence-electron chi connectivity index (χ4n) is 2.62. The molecule has 0 unspecified atom stereocenters. The quantitative estimate of drug-likeness (QED) is 0.527. The molecule has 7 heteroatoms. The van der Waals surface area contributed by atoms with Crippen LogP contribution >= 0.6 is 0 Å². The number of aliphatic imine (C=N–C) groups is 1. The Morgan fingerprint density at radius 3 is 2.35 bits per heavy atom. The Balaban J connectivity index is 2.69. The lowest BCUT2D eigenvalue weighted by Gasteiger charge is -2.24. The summed E-state index contributed by atoms with van der Waals surface area (Å²) in [5.74, 6) is -6.55. The van der Waals surface area contributed by atoms with Gasteiger partial charge in [-0.05, 0) is 18.9 Å². The molecular formula is C13H10F3NO3. The van der Waals surface area contributed by atoms with Crippen LogP contribution in [-0.2, 0) is 10.3 Å². The topological polar surface area (TPSA) is 66.7 Å². The van der Waals surface area contributed by atoms with E-state index in [1.165, 1.54) is 6.08 Å². The summed E-state index contributed by atoms with van der Waals surface area (Å²) in [6.45, 7) is 0. The van der Waals surface area contributed by atoms with E-state index in [1.807, 2.05) is 0 Å². The van der Waals surface area contributed by atoms with Gasteiger partial charge in [0.2, 0.25) is 6.08 Å². The zero-order chi connectivity index (χ0) is 14.9. The Kier molecular flexibility index (Phi) is 3.63. The molecule has 1 saturated carbocycles. The average Bonchev–Trinajstić information content (AvgIpc) is 2.83. The summed E-state index contributed by atoms with van der Waals surface area (Å²) in [5, 5.41) is 8.66. The first-order valence-corrected chi connectivity index (χ1v) is 5.93. The number of nitrogens with zero attached hydrogens (tertiary/aromatic N) is 1. The van der Waals surface area contributed by atoms with Gasteiger partial charge in [-0.2, -0.15) is 4.99 Å². The number of aromatic carboxylic acids is 1. The molecule has 1 aromatic rings. The Labute approximate surface area is 111 Å². The number of carboxylic acid groups (broad SMARTS) is 1. The van der Waals surface area contributed by atoms with Gasteiger partial charge in [0.25, 0.3) is 0 Å². The standard InChI is InChI=1S/C13H10F3NO3/c14-8-5-7(10(15)11(16)9(8)12(19)20)13(17-6-18)3-1-2-4-13/h5H,1-4H2,(H,19,20). The minimum atomic E-state index is -1.90. The molecule has 0 heterocycles. The van der Waals surface area contributed by atoms with Crippen LogP contribution < -0.4 is 0 Å². The van der Waals surface area contributed by atoms with E-state index in [1.54, 1.807) is 0 Å². The number of hydrogen-bond acceptors (Lipinski definition) is 3. The van der Waals surface area contributed by atoms with Crippen molar-refractivity contribution in [3.63, 3.8) is 0 Å². The van der Waals surface area contributed by atoms with Crippen LogP contribution in [0.15, 0.2) is 11.1 Å². The van der Waals surface area contributed by atoms with Gasteiger partial charge in [-0.25, -0.2) is 22.8 Å². The van der Waals surface area contributed by atoms with E-state index in [9.17, 15) is 22.8 Å². The molecule has 0 radical (unpaired) electrons. The molecule has 0 saturated heterocycles. The molecule has 1 aliphatic carbocycles. The van der Waals surface area contributed by atoms with Crippen LogP contribution in [-0.4, -0.2) is 17.2 Å². The second-order valence-corrected chi connectivity index (χ2v) is 4.66. The molecule has 0 aliphatic heterocycles. The molecule has 1 aromatic carbocycles. The summed E-state index contributed by atoms with van der Waals surface area (Å²) < 4.78 is 41.4. The molecule has 1 aliphatic rings. The van der Waals surface area contributed by atoms with Crippen molar-refractivity contribution in [2.24, 2.45) is 4.99 Å². The molecule has 4 nitrogen and oxygen atoms in total. The molecule has 0 bridgehead atoms. The van der Waals surface area contributed by atoms with Gasteiger partial charge in [0.05, 0.1) is 0 Å². The molecule has 0 amide bonds. The Hall–Kier alpha value is -2.14. The Bertz CT molecular complexity index is 618. The third kappa shape index (κ3) is 2.10. The lowest BCUT2D eigenvalue weighted by atomic mass is 9.87. The first-order valence-electron chi connectivity index (χ1n) is 5.93. The largest absolute Gasteiger partial charge is 0.477 e. The van der Waals surface area contributed by atoms with E-state index in [4.69, 9.17) is 5.11 Å². The summed E-state index contributed by atoms with van der Waals surface area (Å²) in [6, 6.07) is 0.605. The number of carbonyl (C=O) groups is 1. The van der Waals surface area contributed by atoms with Crippen LogP contribution in [0.1, 0.15) is 41.6 Å². The molecule has 106 valence electrons. The van der Waals surface area contributed by atoms with E-state index in [0.29, 0.717) is 18.9 Å². The predicted molar refractivity (Wildman–Crippen MR) is 61.5 cm³/mol. The van der Waals surface area contributed by atoms with Gasteiger partial charge in [0.1, 0.15) is 16.9 Å². The number of hydrogen-bond donors (Lipinski definition) is 1. The summed E-state index contributed by atoms with van der Waals surface area (Å²) in [7, 11) is 0. The van der Waals surface area contributed by atoms with Crippen LogP contribution in [0.4, 0.5) is 13.2 Å². The van der Waals surface area contributed by atoms with Crippen molar-refractivity contribution in [1.82, 2.24) is 0 Å². The molecule has 0 aromatic heterocycles. The molecule has 2 rings (SSSR count). The second kappa shape index (κ2) is 5.09. The van der Waals surface area contributed by atoms with Crippen LogP contribution in [0.25, 0.3) is 0 Å². The number of halogens is 3. The van der Waals surface area contributed by atoms with Crippen molar-refractivity contribution < 1.29 is 27.9 Å². The monoisotopic (exact) mass is 285 g/mol. The van der Waals surface area contributed by atoms with Crippen molar-refractivity contribution in [2.75, 3.05) is 0 Å². The van der Waals surface area contributed by atoms with Crippen molar-refractivity contribution in [3.05, 3.63) is 34.6 Å². The van der Waals surface area contributed by atoms with Crippen LogP contribution in [0, 0.1) is 17.5 Å². The van der Waals surface area contributed by atoms with Crippen LogP contribution in [0.5, 0.6) is 0 Å². The average molecular weight is 285 g/mol. The minimum Gasteiger partial charge on any atom is -0.477 e. The highest BCUT2D eigenvalue weighted by Crippen LogP contribution is 2.44. The zero-order valence-corrected chi connectivity index (χ0v) is 10.3. The fraction of sp³-hybridized carbons (Fsp3) is 0.385. The Morgan fingerprint density at radius 1 is 1.25 bits per heavy atom. The van der Waals surface area contributed by atoms with Crippen molar-refractivity contribution in [3.8, 4) is 0 Å².